The fourth-order valence-electron chi connectivity index (χ4n) is 7.29. The van der Waals surface area contributed by atoms with Crippen LogP contribution in [0.1, 0.15) is 239 Å². The third-order valence-corrected chi connectivity index (χ3v) is 11.4. The molecule has 6 heteroatoms. The van der Waals surface area contributed by atoms with E-state index in [1.54, 1.807) is 0 Å². The van der Waals surface area contributed by atoms with Crippen LogP contribution in [0.5, 0.6) is 0 Å². The summed E-state index contributed by atoms with van der Waals surface area (Å²) in [6, 6.07) is 0. The van der Waals surface area contributed by atoms with Crippen LogP contribution in [0.25, 0.3) is 0 Å². The molecule has 69 heavy (non-hydrogen) atoms. The van der Waals surface area contributed by atoms with E-state index in [1.165, 1.54) is 64.2 Å². The van der Waals surface area contributed by atoms with Crippen molar-refractivity contribution in [2.45, 2.75) is 245 Å². The fourth-order valence-corrected chi connectivity index (χ4v) is 7.29. The molecule has 0 amide bonds. The van der Waals surface area contributed by atoms with Crippen LogP contribution >= 0.6 is 0 Å². The molecule has 0 saturated heterocycles. The van der Waals surface area contributed by atoms with Crippen molar-refractivity contribution < 1.29 is 28.6 Å². The van der Waals surface area contributed by atoms with E-state index < -0.39 is 6.10 Å². The lowest BCUT2D eigenvalue weighted by atomic mass is 10.1. The van der Waals surface area contributed by atoms with Crippen LogP contribution in [0.15, 0.2) is 122 Å². The van der Waals surface area contributed by atoms with Crippen molar-refractivity contribution in [3.63, 3.8) is 0 Å². The van der Waals surface area contributed by atoms with Crippen molar-refractivity contribution in [3.8, 4) is 0 Å². The van der Waals surface area contributed by atoms with Crippen LogP contribution in [0.4, 0.5) is 0 Å². The highest BCUT2D eigenvalue weighted by atomic mass is 16.6. The van der Waals surface area contributed by atoms with E-state index in [1.807, 2.05) is 0 Å². The smallest absolute Gasteiger partial charge is 0.306 e. The zero-order valence-electron chi connectivity index (χ0n) is 44.5. The maximum absolute atomic E-state index is 12.8. The van der Waals surface area contributed by atoms with Crippen molar-refractivity contribution in [3.05, 3.63) is 122 Å². The molecule has 0 aliphatic carbocycles. The molecule has 0 fully saturated rings. The molecule has 0 spiro atoms. The average molecular weight is 956 g/mol. The van der Waals surface area contributed by atoms with E-state index in [9.17, 15) is 14.4 Å². The molecule has 0 saturated carbocycles. The van der Waals surface area contributed by atoms with Gasteiger partial charge in [-0.2, -0.15) is 0 Å². The van der Waals surface area contributed by atoms with Crippen molar-refractivity contribution in [2.75, 3.05) is 13.2 Å². The van der Waals surface area contributed by atoms with E-state index in [-0.39, 0.29) is 37.5 Å². The third-order valence-electron chi connectivity index (χ3n) is 11.4. The summed E-state index contributed by atoms with van der Waals surface area (Å²) in [6.07, 6.45) is 77.6. The topological polar surface area (TPSA) is 78.9 Å². The van der Waals surface area contributed by atoms with Gasteiger partial charge in [-0.3, -0.25) is 14.4 Å². The summed E-state index contributed by atoms with van der Waals surface area (Å²) in [5.41, 5.74) is 0. The van der Waals surface area contributed by atoms with Crippen molar-refractivity contribution in [1.29, 1.82) is 0 Å². The molecule has 0 bridgehead atoms. The molecular formula is C63H102O6. The summed E-state index contributed by atoms with van der Waals surface area (Å²) >= 11 is 0. The summed E-state index contributed by atoms with van der Waals surface area (Å²) < 4.78 is 16.8. The number of ether oxygens (including phenoxy) is 3. The minimum absolute atomic E-state index is 0.112. The molecule has 390 valence electrons. The van der Waals surface area contributed by atoms with Gasteiger partial charge < -0.3 is 14.2 Å². The summed E-state index contributed by atoms with van der Waals surface area (Å²) in [5, 5.41) is 0. The number of unbranched alkanes of at least 4 members (excludes halogenated alkanes) is 18. The predicted molar refractivity (Wildman–Crippen MR) is 297 cm³/mol. The van der Waals surface area contributed by atoms with Gasteiger partial charge in [0.1, 0.15) is 13.2 Å². The lowest BCUT2D eigenvalue weighted by molar-refractivity contribution is -0.167. The largest absolute Gasteiger partial charge is 0.462 e. The maximum atomic E-state index is 12.8. The van der Waals surface area contributed by atoms with E-state index >= 15 is 0 Å². The molecule has 0 aromatic rings. The van der Waals surface area contributed by atoms with E-state index in [2.05, 4.69) is 142 Å². The van der Waals surface area contributed by atoms with Gasteiger partial charge in [0.2, 0.25) is 0 Å². The van der Waals surface area contributed by atoms with Gasteiger partial charge in [0.15, 0.2) is 6.10 Å². The number of hydrogen-bond acceptors (Lipinski definition) is 6. The summed E-state index contributed by atoms with van der Waals surface area (Å²) in [5.74, 6) is -0.996. The SMILES string of the molecule is CC/C=C\C/C=C\C/C=C\C/C=C\C/C=C\CCCC(=O)OC(COC(=O)CCCCCCC/C=C\CCCCCCCC)COC(=O)CCCCCCCC/C=C\C/C=C\C/C=C\C/C=C\CC. The van der Waals surface area contributed by atoms with Crippen molar-refractivity contribution in [1.82, 2.24) is 0 Å². The zero-order chi connectivity index (χ0) is 50.0. The second-order valence-electron chi connectivity index (χ2n) is 18.1. The van der Waals surface area contributed by atoms with Crippen LogP contribution in [0.2, 0.25) is 0 Å². The number of carbonyl (C=O) groups is 3. The molecule has 6 nitrogen and oxygen atoms in total. The van der Waals surface area contributed by atoms with Gasteiger partial charge in [-0.05, 0) is 122 Å². The Morgan fingerprint density at radius 1 is 0.304 bits per heavy atom. The van der Waals surface area contributed by atoms with E-state index in [0.717, 1.165) is 128 Å². The number of esters is 3. The van der Waals surface area contributed by atoms with Gasteiger partial charge in [-0.25, -0.2) is 0 Å². The minimum atomic E-state index is -0.821. The Kier molecular flexibility index (Phi) is 53.0. The van der Waals surface area contributed by atoms with Gasteiger partial charge >= 0.3 is 17.9 Å². The first-order valence-corrected chi connectivity index (χ1v) is 28.0. The molecule has 1 atom stereocenters. The number of carbonyl (C=O) groups excluding carboxylic acids is 3. The van der Waals surface area contributed by atoms with Crippen LogP contribution in [-0.4, -0.2) is 37.2 Å². The highest BCUT2D eigenvalue weighted by molar-refractivity contribution is 5.71. The van der Waals surface area contributed by atoms with E-state index in [4.69, 9.17) is 14.2 Å². The van der Waals surface area contributed by atoms with Gasteiger partial charge in [-0.15, -0.1) is 0 Å². The fraction of sp³-hybridized carbons (Fsp3) is 0.635. The lowest BCUT2D eigenvalue weighted by Gasteiger charge is -2.18. The maximum Gasteiger partial charge on any atom is 0.306 e. The predicted octanol–water partition coefficient (Wildman–Crippen LogP) is 18.9. The number of hydrogen-bond donors (Lipinski definition) is 0. The second-order valence-corrected chi connectivity index (χ2v) is 18.1. The molecule has 0 rings (SSSR count). The highest BCUT2D eigenvalue weighted by Gasteiger charge is 2.19. The van der Waals surface area contributed by atoms with Crippen LogP contribution in [0, 0.1) is 0 Å². The minimum Gasteiger partial charge on any atom is -0.462 e. The third kappa shape index (κ3) is 54.6. The molecule has 1 unspecified atom stereocenters. The molecule has 0 aliphatic rings. The first-order valence-electron chi connectivity index (χ1n) is 28.0. The molecule has 0 radical (unpaired) electrons. The molecule has 0 aromatic heterocycles. The van der Waals surface area contributed by atoms with Crippen LogP contribution in [0.3, 0.4) is 0 Å². The van der Waals surface area contributed by atoms with Crippen molar-refractivity contribution in [2.24, 2.45) is 0 Å². The molecule has 0 aliphatic heterocycles. The Morgan fingerprint density at radius 2 is 0.580 bits per heavy atom. The quantitative estimate of drug-likeness (QED) is 0.0262. The average Bonchev–Trinajstić information content (AvgIpc) is 3.35. The Balaban J connectivity index is 4.53. The summed E-state index contributed by atoms with van der Waals surface area (Å²) in [6.45, 7) is 6.34. The summed E-state index contributed by atoms with van der Waals surface area (Å²) in [7, 11) is 0. The van der Waals surface area contributed by atoms with Gasteiger partial charge in [0.25, 0.3) is 0 Å². The number of rotatable bonds is 49. The highest BCUT2D eigenvalue weighted by Crippen LogP contribution is 2.13. The first kappa shape index (κ1) is 64.8. The molecule has 0 heterocycles. The monoisotopic (exact) mass is 955 g/mol. The van der Waals surface area contributed by atoms with Gasteiger partial charge in [-0.1, -0.05) is 219 Å². The Labute approximate surface area is 424 Å². The standard InChI is InChI=1S/C63H102O6/c1-4-7-10-13-16-19-22-25-28-30-31-33-35-38-41-44-47-50-53-56-62(65)68-59-60(58-67-61(64)55-52-49-46-43-40-37-34-27-24-21-18-15-12-9-6-3)69-63(66)57-54-51-48-45-42-39-36-32-29-26-23-20-17-14-11-8-5-2/h7-8,10-11,16-17,19-20,25-29,31,33-34,36,39,45,48,60H,4-6,9,12-15,18,21-24,30,32,35,37-38,40-44,46-47,49-59H2,1-3H3/b10-7-,11-8-,19-16-,20-17-,28-25-,29-26-,33-31-,34-27-,39-36-,48-45-. The normalized spacial score (nSPS) is 13.0. The second kappa shape index (κ2) is 56.4. The van der Waals surface area contributed by atoms with Crippen LogP contribution < -0.4 is 0 Å². The Hall–Kier alpha value is -4.19. The van der Waals surface area contributed by atoms with Crippen molar-refractivity contribution >= 4 is 17.9 Å². The van der Waals surface area contributed by atoms with Crippen LogP contribution in [-0.2, 0) is 28.6 Å². The summed E-state index contributed by atoms with van der Waals surface area (Å²) in [4.78, 5) is 38.1. The lowest BCUT2D eigenvalue weighted by Crippen LogP contribution is -2.30. The molecular weight excluding hydrogens is 853 g/mol. The Bertz CT molecular complexity index is 1470. The Morgan fingerprint density at radius 3 is 0.942 bits per heavy atom. The van der Waals surface area contributed by atoms with E-state index in [0.29, 0.717) is 19.3 Å². The number of allylic oxidation sites excluding steroid dienone is 20. The molecule has 0 N–H and O–H groups in total. The van der Waals surface area contributed by atoms with Gasteiger partial charge in [0, 0.05) is 19.3 Å². The first-order chi connectivity index (χ1) is 34.0. The zero-order valence-corrected chi connectivity index (χ0v) is 44.5. The van der Waals surface area contributed by atoms with Gasteiger partial charge in [0.05, 0.1) is 0 Å². The molecule has 0 aromatic carbocycles.